The Morgan fingerprint density at radius 2 is 2.44 bits per heavy atom. The van der Waals surface area contributed by atoms with Crippen LogP contribution in [0.5, 0.6) is 5.75 Å². The number of fused-ring (bicyclic) bond motifs is 1. The summed E-state index contributed by atoms with van der Waals surface area (Å²) in [5, 5.41) is 3.13. The molecule has 0 fully saturated rings. The molecule has 1 heterocycles. The normalized spacial score (nSPS) is 23.0. The van der Waals surface area contributed by atoms with Crippen molar-refractivity contribution in [3.63, 3.8) is 0 Å². The number of anilines is 1. The van der Waals surface area contributed by atoms with Crippen LogP contribution < -0.4 is 10.1 Å². The minimum atomic E-state index is -0.218. The maximum absolute atomic E-state index is 10.9. The fourth-order valence-corrected chi connectivity index (χ4v) is 1.85. The predicted molar refractivity (Wildman–Crippen MR) is 62.6 cm³/mol. The lowest BCUT2D eigenvalue weighted by Crippen LogP contribution is -2.24. The number of terminal acetylenes is 1. The molecule has 3 nitrogen and oxygen atoms in total. The Hall–Kier alpha value is -1.95. The zero-order chi connectivity index (χ0) is 11.5. The van der Waals surface area contributed by atoms with E-state index in [-0.39, 0.29) is 12.1 Å². The monoisotopic (exact) mass is 215 g/mol. The molecule has 0 aliphatic carbocycles. The fourth-order valence-electron chi connectivity index (χ4n) is 1.85. The van der Waals surface area contributed by atoms with Gasteiger partial charge in [-0.2, -0.15) is 0 Å². The Balaban J connectivity index is 2.45. The third-order valence-electron chi connectivity index (χ3n) is 2.58. The summed E-state index contributed by atoms with van der Waals surface area (Å²) in [4.78, 5) is 10.9. The number of carbonyl (C=O) groups excluding carboxylic acids is 1. The van der Waals surface area contributed by atoms with Crippen molar-refractivity contribution in [2.24, 2.45) is 0 Å². The van der Waals surface area contributed by atoms with Crippen LogP contribution in [0.1, 0.15) is 18.9 Å². The molecule has 16 heavy (non-hydrogen) atoms. The summed E-state index contributed by atoms with van der Waals surface area (Å²) in [5.41, 5.74) is 1.50. The summed E-state index contributed by atoms with van der Waals surface area (Å²) >= 11 is 0. The Kier molecular flexibility index (Phi) is 2.82. The number of ether oxygens (including phenoxy) is 1. The highest BCUT2D eigenvalue weighted by Gasteiger charge is 2.22. The van der Waals surface area contributed by atoms with Crippen molar-refractivity contribution in [2.45, 2.75) is 25.5 Å². The molecule has 0 saturated heterocycles. The van der Waals surface area contributed by atoms with Gasteiger partial charge >= 0.3 is 0 Å². The Morgan fingerprint density at radius 1 is 1.62 bits per heavy atom. The lowest BCUT2D eigenvalue weighted by atomic mass is 10.1. The summed E-state index contributed by atoms with van der Waals surface area (Å²) in [6, 6.07) is 5.32. The Bertz CT molecular complexity index is 448. The summed E-state index contributed by atoms with van der Waals surface area (Å²) in [6.45, 7) is 1.93. The van der Waals surface area contributed by atoms with Crippen LogP contribution in [0.2, 0.25) is 0 Å². The van der Waals surface area contributed by atoms with Gasteiger partial charge in [-0.3, -0.25) is 0 Å². The molecular weight excluding hydrogens is 202 g/mol. The molecule has 0 saturated carbocycles. The average Bonchev–Trinajstić information content (AvgIpc) is 2.46. The SMILES string of the molecule is C#Cc1cccc2c1O[C@H](C)CC(C=O)N2. The highest BCUT2D eigenvalue weighted by Crippen LogP contribution is 2.33. The van der Waals surface area contributed by atoms with E-state index >= 15 is 0 Å². The van der Waals surface area contributed by atoms with Crippen molar-refractivity contribution >= 4 is 12.0 Å². The smallest absolute Gasteiger partial charge is 0.158 e. The number of aldehydes is 1. The first-order chi connectivity index (χ1) is 7.74. The number of benzene rings is 1. The van der Waals surface area contributed by atoms with Gasteiger partial charge in [0.25, 0.3) is 0 Å². The molecule has 3 heteroatoms. The van der Waals surface area contributed by atoms with Gasteiger partial charge in [0.15, 0.2) is 5.75 Å². The van der Waals surface area contributed by atoms with E-state index in [9.17, 15) is 4.79 Å². The van der Waals surface area contributed by atoms with E-state index < -0.39 is 0 Å². The minimum absolute atomic E-state index is 0.0292. The van der Waals surface area contributed by atoms with Gasteiger partial charge in [0.1, 0.15) is 6.29 Å². The van der Waals surface area contributed by atoms with Crippen molar-refractivity contribution < 1.29 is 9.53 Å². The number of rotatable bonds is 1. The van der Waals surface area contributed by atoms with Crippen LogP contribution in [0, 0.1) is 12.3 Å². The van der Waals surface area contributed by atoms with Crippen LogP contribution in [0.4, 0.5) is 5.69 Å². The molecule has 2 atom stereocenters. The van der Waals surface area contributed by atoms with Gasteiger partial charge in [0.2, 0.25) is 0 Å². The third kappa shape index (κ3) is 1.87. The van der Waals surface area contributed by atoms with Crippen molar-refractivity contribution in [2.75, 3.05) is 5.32 Å². The first-order valence-electron chi connectivity index (χ1n) is 5.22. The number of hydrogen-bond donors (Lipinski definition) is 1. The topological polar surface area (TPSA) is 38.3 Å². The Labute approximate surface area is 94.8 Å². The standard InChI is InChI=1S/C13H13NO2/c1-3-10-5-4-6-12-13(10)16-9(2)7-11(8-15)14-12/h1,4-6,8-9,11,14H,7H2,2H3/t9-,11?/m1/s1. The van der Waals surface area contributed by atoms with Crippen molar-refractivity contribution in [3.8, 4) is 18.1 Å². The van der Waals surface area contributed by atoms with E-state index in [0.29, 0.717) is 17.7 Å². The number of nitrogens with one attached hydrogen (secondary N) is 1. The maximum atomic E-state index is 10.9. The minimum Gasteiger partial charge on any atom is -0.487 e. The average molecular weight is 215 g/mol. The molecule has 1 N–H and O–H groups in total. The summed E-state index contributed by atoms with van der Waals surface area (Å²) < 4.78 is 5.75. The van der Waals surface area contributed by atoms with Crippen LogP contribution in [-0.2, 0) is 4.79 Å². The molecule has 1 unspecified atom stereocenters. The molecule has 1 aromatic rings. The highest BCUT2D eigenvalue weighted by atomic mass is 16.5. The van der Waals surface area contributed by atoms with Crippen LogP contribution in [0.25, 0.3) is 0 Å². The number of carbonyl (C=O) groups is 1. The number of hydrogen-bond acceptors (Lipinski definition) is 3. The molecule has 0 bridgehead atoms. The van der Waals surface area contributed by atoms with Crippen LogP contribution in [0.15, 0.2) is 18.2 Å². The van der Waals surface area contributed by atoms with Gasteiger partial charge < -0.3 is 14.8 Å². The van der Waals surface area contributed by atoms with Gasteiger partial charge in [-0.05, 0) is 19.1 Å². The fraction of sp³-hybridized carbons (Fsp3) is 0.308. The molecule has 1 aliphatic rings. The molecule has 82 valence electrons. The maximum Gasteiger partial charge on any atom is 0.158 e. The van der Waals surface area contributed by atoms with Crippen molar-refractivity contribution in [1.29, 1.82) is 0 Å². The lowest BCUT2D eigenvalue weighted by Gasteiger charge is -2.13. The second-order valence-corrected chi connectivity index (χ2v) is 3.88. The summed E-state index contributed by atoms with van der Waals surface area (Å²) in [7, 11) is 0. The molecule has 1 aliphatic heterocycles. The second kappa shape index (κ2) is 4.28. The summed E-state index contributed by atoms with van der Waals surface area (Å²) in [6.07, 6.45) is 6.92. The molecule has 1 aromatic carbocycles. The van der Waals surface area contributed by atoms with E-state index in [2.05, 4.69) is 11.2 Å². The van der Waals surface area contributed by atoms with Gasteiger partial charge in [0.05, 0.1) is 23.4 Å². The lowest BCUT2D eigenvalue weighted by molar-refractivity contribution is -0.108. The van der Waals surface area contributed by atoms with Crippen LogP contribution in [-0.4, -0.2) is 18.4 Å². The van der Waals surface area contributed by atoms with E-state index in [1.165, 1.54) is 0 Å². The van der Waals surface area contributed by atoms with Gasteiger partial charge in [0, 0.05) is 6.42 Å². The summed E-state index contributed by atoms with van der Waals surface area (Å²) in [5.74, 6) is 3.25. The van der Waals surface area contributed by atoms with Crippen LogP contribution >= 0.6 is 0 Å². The predicted octanol–water partition coefficient (Wildman–Crippen LogP) is 1.82. The molecule has 0 radical (unpaired) electrons. The van der Waals surface area contributed by atoms with Gasteiger partial charge in [-0.25, -0.2) is 0 Å². The second-order valence-electron chi connectivity index (χ2n) is 3.88. The molecule has 0 spiro atoms. The molecule has 0 aromatic heterocycles. The Morgan fingerprint density at radius 3 is 3.12 bits per heavy atom. The first-order valence-corrected chi connectivity index (χ1v) is 5.22. The number of para-hydroxylation sites is 1. The van der Waals surface area contributed by atoms with Gasteiger partial charge in [-0.15, -0.1) is 6.42 Å². The van der Waals surface area contributed by atoms with Crippen molar-refractivity contribution in [3.05, 3.63) is 23.8 Å². The molecular formula is C13H13NO2. The highest BCUT2D eigenvalue weighted by molar-refractivity contribution is 5.71. The van der Waals surface area contributed by atoms with E-state index in [1.807, 2.05) is 25.1 Å². The zero-order valence-corrected chi connectivity index (χ0v) is 9.07. The zero-order valence-electron chi connectivity index (χ0n) is 9.07. The first kappa shape index (κ1) is 10.6. The molecule has 2 rings (SSSR count). The van der Waals surface area contributed by atoms with E-state index in [4.69, 9.17) is 11.2 Å². The molecule has 0 amide bonds. The van der Waals surface area contributed by atoms with E-state index in [0.717, 1.165) is 12.0 Å². The van der Waals surface area contributed by atoms with Gasteiger partial charge in [-0.1, -0.05) is 12.0 Å². The largest absolute Gasteiger partial charge is 0.487 e. The van der Waals surface area contributed by atoms with E-state index in [1.54, 1.807) is 0 Å². The van der Waals surface area contributed by atoms with Crippen molar-refractivity contribution in [1.82, 2.24) is 0 Å². The quantitative estimate of drug-likeness (QED) is 0.573. The van der Waals surface area contributed by atoms with Crippen LogP contribution in [0.3, 0.4) is 0 Å². The third-order valence-corrected chi connectivity index (χ3v) is 2.58.